The third kappa shape index (κ3) is 3.55. The Hall–Kier alpha value is -1.39. The molecular weight excluding hydrogens is 240 g/mol. The lowest BCUT2D eigenvalue weighted by Gasteiger charge is -2.17. The number of amides is 1. The first kappa shape index (κ1) is 14.0. The van der Waals surface area contributed by atoms with Crippen LogP contribution in [0.25, 0.3) is 0 Å². The summed E-state index contributed by atoms with van der Waals surface area (Å²) in [6.45, 7) is 3.60. The fourth-order valence-electron chi connectivity index (χ4n) is 2.39. The van der Waals surface area contributed by atoms with Crippen molar-refractivity contribution in [2.45, 2.75) is 31.9 Å². The fraction of sp³-hybridized carbons (Fsp3) is 0.533. The molecule has 0 radical (unpaired) electrons. The van der Waals surface area contributed by atoms with E-state index in [1.807, 2.05) is 38.2 Å². The largest absolute Gasteiger partial charge is 0.376 e. The van der Waals surface area contributed by atoms with E-state index >= 15 is 0 Å². The van der Waals surface area contributed by atoms with Crippen LogP contribution >= 0.6 is 0 Å². The SMILES string of the molecule is CNCCc1ccccc1C(=O)NC1CCOC1C. The van der Waals surface area contributed by atoms with Crippen LogP contribution in [0.1, 0.15) is 29.3 Å². The number of hydrogen-bond acceptors (Lipinski definition) is 3. The minimum Gasteiger partial charge on any atom is -0.376 e. The Kier molecular flexibility index (Phi) is 4.93. The Morgan fingerprint density at radius 2 is 2.21 bits per heavy atom. The molecular formula is C15H22N2O2. The Bertz CT molecular complexity index is 434. The van der Waals surface area contributed by atoms with Gasteiger partial charge in [0.2, 0.25) is 0 Å². The lowest BCUT2D eigenvalue weighted by molar-refractivity contribution is 0.0865. The number of carbonyl (C=O) groups excluding carboxylic acids is 1. The smallest absolute Gasteiger partial charge is 0.251 e. The third-order valence-corrected chi connectivity index (χ3v) is 3.60. The zero-order valence-corrected chi connectivity index (χ0v) is 11.6. The molecule has 0 bridgehead atoms. The quantitative estimate of drug-likeness (QED) is 0.842. The first-order valence-corrected chi connectivity index (χ1v) is 6.87. The molecule has 4 nitrogen and oxygen atoms in total. The summed E-state index contributed by atoms with van der Waals surface area (Å²) < 4.78 is 5.47. The van der Waals surface area contributed by atoms with Gasteiger partial charge in [-0.05, 0) is 45.0 Å². The lowest BCUT2D eigenvalue weighted by atomic mass is 10.0. The average Bonchev–Trinajstić information content (AvgIpc) is 2.82. The average molecular weight is 262 g/mol. The maximum absolute atomic E-state index is 12.3. The molecule has 1 fully saturated rings. The fourth-order valence-corrected chi connectivity index (χ4v) is 2.39. The van der Waals surface area contributed by atoms with Crippen LogP contribution in [0.2, 0.25) is 0 Å². The summed E-state index contributed by atoms with van der Waals surface area (Å²) in [5.74, 6) is 0.00838. The van der Waals surface area contributed by atoms with Crippen molar-refractivity contribution in [3.63, 3.8) is 0 Å². The zero-order valence-electron chi connectivity index (χ0n) is 11.6. The van der Waals surface area contributed by atoms with Crippen LogP contribution in [0.5, 0.6) is 0 Å². The van der Waals surface area contributed by atoms with Crippen molar-refractivity contribution in [1.29, 1.82) is 0 Å². The molecule has 1 aliphatic heterocycles. The minimum absolute atomic E-state index is 0.00838. The zero-order chi connectivity index (χ0) is 13.7. The normalized spacial score (nSPS) is 22.4. The second-order valence-corrected chi connectivity index (χ2v) is 4.96. The van der Waals surface area contributed by atoms with E-state index in [4.69, 9.17) is 4.74 Å². The number of likely N-dealkylation sites (N-methyl/N-ethyl adjacent to an activating group) is 1. The van der Waals surface area contributed by atoms with Gasteiger partial charge in [-0.2, -0.15) is 0 Å². The number of carbonyl (C=O) groups is 1. The van der Waals surface area contributed by atoms with E-state index in [0.717, 1.165) is 37.1 Å². The molecule has 0 saturated carbocycles. The molecule has 2 unspecified atom stereocenters. The van der Waals surface area contributed by atoms with Crippen molar-refractivity contribution in [2.75, 3.05) is 20.2 Å². The van der Waals surface area contributed by atoms with Crippen molar-refractivity contribution in [2.24, 2.45) is 0 Å². The molecule has 1 aromatic carbocycles. The highest BCUT2D eigenvalue weighted by Crippen LogP contribution is 2.15. The first-order chi connectivity index (χ1) is 9.22. The van der Waals surface area contributed by atoms with E-state index in [2.05, 4.69) is 10.6 Å². The van der Waals surface area contributed by atoms with Gasteiger partial charge in [0.15, 0.2) is 0 Å². The lowest BCUT2D eigenvalue weighted by Crippen LogP contribution is -2.39. The van der Waals surface area contributed by atoms with Gasteiger partial charge < -0.3 is 15.4 Å². The Morgan fingerprint density at radius 3 is 2.89 bits per heavy atom. The molecule has 2 N–H and O–H groups in total. The molecule has 0 aliphatic carbocycles. The van der Waals surface area contributed by atoms with Gasteiger partial charge in [-0.1, -0.05) is 18.2 Å². The van der Waals surface area contributed by atoms with Gasteiger partial charge in [0.1, 0.15) is 0 Å². The Balaban J connectivity index is 2.05. The molecule has 1 saturated heterocycles. The summed E-state index contributed by atoms with van der Waals surface area (Å²) in [4.78, 5) is 12.3. The molecule has 1 heterocycles. The van der Waals surface area contributed by atoms with Gasteiger partial charge in [0.05, 0.1) is 12.1 Å². The van der Waals surface area contributed by atoms with E-state index < -0.39 is 0 Å². The molecule has 1 aromatic rings. The van der Waals surface area contributed by atoms with Crippen molar-refractivity contribution >= 4 is 5.91 Å². The van der Waals surface area contributed by atoms with E-state index in [1.165, 1.54) is 0 Å². The van der Waals surface area contributed by atoms with Crippen LogP contribution in [-0.2, 0) is 11.2 Å². The first-order valence-electron chi connectivity index (χ1n) is 6.87. The minimum atomic E-state index is 0.00838. The summed E-state index contributed by atoms with van der Waals surface area (Å²) in [5, 5.41) is 6.19. The second kappa shape index (κ2) is 6.68. The summed E-state index contributed by atoms with van der Waals surface area (Å²) in [5.41, 5.74) is 1.86. The maximum Gasteiger partial charge on any atom is 0.251 e. The van der Waals surface area contributed by atoms with E-state index in [-0.39, 0.29) is 18.1 Å². The highest BCUT2D eigenvalue weighted by molar-refractivity contribution is 5.95. The number of nitrogens with one attached hydrogen (secondary N) is 2. The van der Waals surface area contributed by atoms with Crippen LogP contribution in [0, 0.1) is 0 Å². The van der Waals surface area contributed by atoms with Gasteiger partial charge in [0, 0.05) is 12.2 Å². The number of rotatable bonds is 5. The summed E-state index contributed by atoms with van der Waals surface area (Å²) in [6.07, 6.45) is 1.86. The summed E-state index contributed by atoms with van der Waals surface area (Å²) >= 11 is 0. The maximum atomic E-state index is 12.3. The van der Waals surface area contributed by atoms with E-state index in [0.29, 0.717) is 0 Å². The van der Waals surface area contributed by atoms with E-state index in [1.54, 1.807) is 0 Å². The van der Waals surface area contributed by atoms with Crippen molar-refractivity contribution in [3.8, 4) is 0 Å². The Labute approximate surface area is 114 Å². The summed E-state index contributed by atoms with van der Waals surface area (Å²) in [6, 6.07) is 7.92. The van der Waals surface area contributed by atoms with E-state index in [9.17, 15) is 4.79 Å². The number of ether oxygens (including phenoxy) is 1. The molecule has 0 spiro atoms. The molecule has 4 heteroatoms. The third-order valence-electron chi connectivity index (χ3n) is 3.60. The molecule has 0 aromatic heterocycles. The van der Waals surface area contributed by atoms with Crippen molar-refractivity contribution in [1.82, 2.24) is 10.6 Å². The highest BCUT2D eigenvalue weighted by atomic mass is 16.5. The molecule has 2 rings (SSSR count). The highest BCUT2D eigenvalue weighted by Gasteiger charge is 2.26. The van der Waals surface area contributed by atoms with Gasteiger partial charge in [-0.3, -0.25) is 4.79 Å². The predicted molar refractivity (Wildman–Crippen MR) is 75.4 cm³/mol. The number of benzene rings is 1. The van der Waals surface area contributed by atoms with Gasteiger partial charge in [0.25, 0.3) is 5.91 Å². The van der Waals surface area contributed by atoms with Gasteiger partial charge in [-0.25, -0.2) is 0 Å². The van der Waals surface area contributed by atoms with Crippen LogP contribution in [0.4, 0.5) is 0 Å². The van der Waals surface area contributed by atoms with Gasteiger partial charge in [-0.15, -0.1) is 0 Å². The van der Waals surface area contributed by atoms with Crippen LogP contribution in [0.3, 0.4) is 0 Å². The van der Waals surface area contributed by atoms with Crippen LogP contribution in [0.15, 0.2) is 24.3 Å². The van der Waals surface area contributed by atoms with Gasteiger partial charge >= 0.3 is 0 Å². The molecule has 104 valence electrons. The predicted octanol–water partition coefficient (Wildman–Crippen LogP) is 1.36. The van der Waals surface area contributed by atoms with Crippen molar-refractivity contribution in [3.05, 3.63) is 35.4 Å². The van der Waals surface area contributed by atoms with Crippen molar-refractivity contribution < 1.29 is 9.53 Å². The second-order valence-electron chi connectivity index (χ2n) is 4.96. The molecule has 19 heavy (non-hydrogen) atoms. The number of hydrogen-bond donors (Lipinski definition) is 2. The molecule has 1 amide bonds. The van der Waals surface area contributed by atoms with Crippen LogP contribution in [-0.4, -0.2) is 38.3 Å². The topological polar surface area (TPSA) is 50.4 Å². The monoisotopic (exact) mass is 262 g/mol. The Morgan fingerprint density at radius 1 is 1.42 bits per heavy atom. The molecule has 2 atom stereocenters. The molecule has 1 aliphatic rings. The summed E-state index contributed by atoms with van der Waals surface area (Å²) in [7, 11) is 1.92. The van der Waals surface area contributed by atoms with Crippen LogP contribution < -0.4 is 10.6 Å². The standard InChI is InChI=1S/C15H22N2O2/c1-11-14(8-10-19-11)17-15(18)13-6-4-3-5-12(13)7-9-16-2/h3-6,11,14,16H,7-10H2,1-2H3,(H,17,18).